The molecule has 0 amide bonds. The SMILES string of the molecule is CC(C)=CCC[C@]1(C)CCC[C@]2(C=O)C(C=O)=C(C)CC[C@H]12. The number of carbonyl (C=O) groups is 2. The van der Waals surface area contributed by atoms with E-state index < -0.39 is 5.41 Å². The van der Waals surface area contributed by atoms with Crippen LogP contribution in [0.25, 0.3) is 0 Å². The maximum atomic E-state index is 12.1. The highest BCUT2D eigenvalue weighted by molar-refractivity contribution is 5.86. The van der Waals surface area contributed by atoms with Crippen molar-refractivity contribution >= 4 is 12.6 Å². The molecule has 2 heteroatoms. The van der Waals surface area contributed by atoms with Crippen LogP contribution in [0.5, 0.6) is 0 Å². The molecule has 0 bridgehead atoms. The Morgan fingerprint density at radius 1 is 1.27 bits per heavy atom. The van der Waals surface area contributed by atoms with E-state index in [0.717, 1.165) is 62.2 Å². The highest BCUT2D eigenvalue weighted by atomic mass is 16.1. The lowest BCUT2D eigenvalue weighted by molar-refractivity contribution is -0.127. The zero-order valence-electron chi connectivity index (χ0n) is 14.6. The molecule has 1 fully saturated rings. The summed E-state index contributed by atoms with van der Waals surface area (Å²) in [6.45, 7) is 8.64. The Morgan fingerprint density at radius 3 is 2.59 bits per heavy atom. The third kappa shape index (κ3) is 2.85. The Morgan fingerprint density at radius 2 is 2.00 bits per heavy atom. The predicted molar refractivity (Wildman–Crippen MR) is 90.6 cm³/mol. The van der Waals surface area contributed by atoms with Gasteiger partial charge in [0, 0.05) is 5.57 Å². The van der Waals surface area contributed by atoms with Crippen molar-refractivity contribution in [1.82, 2.24) is 0 Å². The number of rotatable bonds is 5. The molecule has 22 heavy (non-hydrogen) atoms. The van der Waals surface area contributed by atoms with Crippen LogP contribution in [-0.2, 0) is 9.59 Å². The van der Waals surface area contributed by atoms with Crippen LogP contribution >= 0.6 is 0 Å². The molecule has 0 aromatic rings. The molecule has 0 radical (unpaired) electrons. The van der Waals surface area contributed by atoms with Gasteiger partial charge in [0.15, 0.2) is 0 Å². The van der Waals surface area contributed by atoms with E-state index in [4.69, 9.17) is 0 Å². The van der Waals surface area contributed by atoms with Gasteiger partial charge >= 0.3 is 0 Å². The lowest BCUT2D eigenvalue weighted by atomic mass is 9.49. The highest BCUT2D eigenvalue weighted by Crippen LogP contribution is 2.59. The van der Waals surface area contributed by atoms with Crippen molar-refractivity contribution in [3.8, 4) is 0 Å². The molecule has 2 rings (SSSR count). The van der Waals surface area contributed by atoms with Gasteiger partial charge in [-0.15, -0.1) is 0 Å². The zero-order valence-corrected chi connectivity index (χ0v) is 14.6. The average molecular weight is 302 g/mol. The fourth-order valence-corrected chi connectivity index (χ4v) is 4.98. The standard InChI is InChI=1S/C20H30O2/c1-15(2)7-5-10-19(4)11-6-12-20(14-22)17(13-21)16(3)8-9-18(19)20/h7,13-14,18H,5-6,8-12H2,1-4H3/t18-,19-,20+/m1/s1. The zero-order chi connectivity index (χ0) is 16.4. The van der Waals surface area contributed by atoms with Gasteiger partial charge < -0.3 is 4.79 Å². The first-order valence-corrected chi connectivity index (χ1v) is 8.65. The van der Waals surface area contributed by atoms with Crippen LogP contribution in [0, 0.1) is 16.7 Å². The van der Waals surface area contributed by atoms with Crippen LogP contribution < -0.4 is 0 Å². The summed E-state index contributed by atoms with van der Waals surface area (Å²) in [5.41, 5.74) is 2.94. The van der Waals surface area contributed by atoms with E-state index in [0.29, 0.717) is 5.92 Å². The topological polar surface area (TPSA) is 34.1 Å². The Labute approximate surface area is 135 Å². The smallest absolute Gasteiger partial charge is 0.146 e. The molecular weight excluding hydrogens is 272 g/mol. The molecule has 2 aliphatic carbocycles. The number of hydrogen-bond acceptors (Lipinski definition) is 2. The third-order valence-electron chi connectivity index (χ3n) is 6.17. The molecule has 0 unspecified atom stereocenters. The van der Waals surface area contributed by atoms with Crippen molar-refractivity contribution < 1.29 is 9.59 Å². The second kappa shape index (κ2) is 6.52. The van der Waals surface area contributed by atoms with Crippen molar-refractivity contribution in [2.24, 2.45) is 16.7 Å². The van der Waals surface area contributed by atoms with Gasteiger partial charge in [0.1, 0.15) is 12.6 Å². The number of fused-ring (bicyclic) bond motifs is 1. The minimum absolute atomic E-state index is 0.167. The van der Waals surface area contributed by atoms with Gasteiger partial charge in [-0.2, -0.15) is 0 Å². The molecule has 0 aliphatic heterocycles. The maximum Gasteiger partial charge on any atom is 0.146 e. The number of hydrogen-bond donors (Lipinski definition) is 0. The first-order valence-electron chi connectivity index (χ1n) is 8.65. The Bertz CT molecular complexity index is 510. The molecule has 0 heterocycles. The number of aldehydes is 2. The summed E-state index contributed by atoms with van der Waals surface area (Å²) in [5, 5.41) is 0. The largest absolute Gasteiger partial charge is 0.302 e. The van der Waals surface area contributed by atoms with E-state index in [-0.39, 0.29) is 5.41 Å². The van der Waals surface area contributed by atoms with E-state index in [9.17, 15) is 9.59 Å². The molecular formula is C20H30O2. The second-order valence-electron chi connectivity index (χ2n) is 7.89. The van der Waals surface area contributed by atoms with E-state index in [1.165, 1.54) is 12.0 Å². The summed E-state index contributed by atoms with van der Waals surface area (Å²) in [5.74, 6) is 0.320. The molecule has 3 atom stereocenters. The monoisotopic (exact) mass is 302 g/mol. The molecule has 0 saturated heterocycles. The Balaban J connectivity index is 2.36. The molecule has 0 aromatic carbocycles. The van der Waals surface area contributed by atoms with Crippen molar-refractivity contribution in [2.45, 2.75) is 72.6 Å². The molecule has 0 N–H and O–H groups in total. The van der Waals surface area contributed by atoms with Crippen LogP contribution in [0.1, 0.15) is 72.6 Å². The van der Waals surface area contributed by atoms with Gasteiger partial charge in [-0.1, -0.05) is 30.6 Å². The lowest BCUT2D eigenvalue weighted by Crippen LogP contribution is -2.49. The normalized spacial score (nSPS) is 34.8. The van der Waals surface area contributed by atoms with Gasteiger partial charge in [0.05, 0.1) is 5.41 Å². The third-order valence-corrected chi connectivity index (χ3v) is 6.17. The molecule has 2 nitrogen and oxygen atoms in total. The van der Waals surface area contributed by atoms with Gasteiger partial charge in [-0.05, 0) is 70.6 Å². The first kappa shape index (κ1) is 17.2. The molecule has 0 aromatic heterocycles. The van der Waals surface area contributed by atoms with Crippen LogP contribution in [0.3, 0.4) is 0 Å². The minimum Gasteiger partial charge on any atom is -0.302 e. The quantitative estimate of drug-likeness (QED) is 0.527. The number of allylic oxidation sites excluding steroid dienone is 4. The van der Waals surface area contributed by atoms with Crippen molar-refractivity contribution in [3.63, 3.8) is 0 Å². The van der Waals surface area contributed by atoms with Gasteiger partial charge in [0.2, 0.25) is 0 Å². The van der Waals surface area contributed by atoms with Crippen molar-refractivity contribution in [2.75, 3.05) is 0 Å². The summed E-state index contributed by atoms with van der Waals surface area (Å²) >= 11 is 0. The lowest BCUT2D eigenvalue weighted by Gasteiger charge is -2.54. The summed E-state index contributed by atoms with van der Waals surface area (Å²) in [6, 6.07) is 0. The molecule has 2 aliphatic rings. The fraction of sp³-hybridized carbons (Fsp3) is 0.700. The minimum atomic E-state index is -0.512. The summed E-state index contributed by atoms with van der Waals surface area (Å²) in [4.78, 5) is 23.8. The van der Waals surface area contributed by atoms with Crippen LogP contribution in [0.2, 0.25) is 0 Å². The van der Waals surface area contributed by atoms with E-state index in [1.807, 2.05) is 6.92 Å². The predicted octanol–water partition coefficient (Wildman–Crippen LogP) is 5.03. The van der Waals surface area contributed by atoms with Crippen molar-refractivity contribution in [1.29, 1.82) is 0 Å². The summed E-state index contributed by atoms with van der Waals surface area (Å²) in [7, 11) is 0. The van der Waals surface area contributed by atoms with Crippen molar-refractivity contribution in [3.05, 3.63) is 22.8 Å². The Kier molecular flexibility index (Phi) is 5.09. The van der Waals surface area contributed by atoms with Gasteiger partial charge in [0.25, 0.3) is 0 Å². The van der Waals surface area contributed by atoms with E-state index in [1.54, 1.807) is 0 Å². The highest BCUT2D eigenvalue weighted by Gasteiger charge is 2.54. The molecule has 1 saturated carbocycles. The molecule has 122 valence electrons. The van der Waals surface area contributed by atoms with Crippen LogP contribution in [-0.4, -0.2) is 12.6 Å². The Hall–Kier alpha value is -1.18. The summed E-state index contributed by atoms with van der Waals surface area (Å²) < 4.78 is 0. The summed E-state index contributed by atoms with van der Waals surface area (Å²) in [6.07, 6.45) is 11.7. The number of carbonyl (C=O) groups excluding carboxylic acids is 2. The van der Waals surface area contributed by atoms with Crippen LogP contribution in [0.4, 0.5) is 0 Å². The maximum absolute atomic E-state index is 12.1. The van der Waals surface area contributed by atoms with E-state index in [2.05, 4.69) is 26.8 Å². The average Bonchev–Trinajstić information content (AvgIpc) is 2.46. The second-order valence-corrected chi connectivity index (χ2v) is 7.89. The first-order chi connectivity index (χ1) is 10.4. The van der Waals surface area contributed by atoms with Crippen LogP contribution in [0.15, 0.2) is 22.8 Å². The molecule has 0 spiro atoms. The van der Waals surface area contributed by atoms with Gasteiger partial charge in [-0.3, -0.25) is 4.79 Å². The van der Waals surface area contributed by atoms with E-state index >= 15 is 0 Å². The fourth-order valence-electron chi connectivity index (χ4n) is 4.98. The van der Waals surface area contributed by atoms with Gasteiger partial charge in [-0.25, -0.2) is 0 Å².